The Morgan fingerprint density at radius 1 is 1.53 bits per heavy atom. The zero-order valence-corrected chi connectivity index (χ0v) is 10.2. The topological polar surface area (TPSA) is 53.3 Å². The molecule has 0 bridgehead atoms. The highest BCUT2D eigenvalue weighted by molar-refractivity contribution is 5.84. The van der Waals surface area contributed by atoms with Gasteiger partial charge in [0.05, 0.1) is 18.8 Å². The average Bonchev–Trinajstić information content (AvgIpc) is 2.15. The van der Waals surface area contributed by atoms with Crippen LogP contribution >= 0.6 is 0 Å². The van der Waals surface area contributed by atoms with Crippen molar-refractivity contribution >= 4 is 5.91 Å². The van der Waals surface area contributed by atoms with E-state index in [0.29, 0.717) is 13.2 Å². The first-order valence-corrected chi connectivity index (χ1v) is 5.09. The largest absolute Gasteiger partial charge is 0.377 e. The number of ether oxygens (including phenoxy) is 1. The van der Waals surface area contributed by atoms with Crippen LogP contribution in [0.4, 0.5) is 0 Å². The highest BCUT2D eigenvalue weighted by Gasteiger charge is 2.29. The highest BCUT2D eigenvalue weighted by Crippen LogP contribution is 2.16. The summed E-state index contributed by atoms with van der Waals surface area (Å²) in [6, 6.07) is 1.99. The number of amides is 1. The molecule has 0 unspecified atom stereocenters. The SMILES string of the molecule is CC(C)OCCN(C)C(=O)C(C)(C)C#N. The molecule has 0 heterocycles. The lowest BCUT2D eigenvalue weighted by atomic mass is 9.94. The van der Waals surface area contributed by atoms with Gasteiger partial charge in [0, 0.05) is 13.6 Å². The molecule has 0 rings (SSSR count). The van der Waals surface area contributed by atoms with Crippen LogP contribution in [0.25, 0.3) is 0 Å². The fourth-order valence-corrected chi connectivity index (χ4v) is 1.05. The van der Waals surface area contributed by atoms with Gasteiger partial charge >= 0.3 is 0 Å². The van der Waals surface area contributed by atoms with E-state index in [-0.39, 0.29) is 12.0 Å². The molecule has 4 nitrogen and oxygen atoms in total. The average molecular weight is 212 g/mol. The van der Waals surface area contributed by atoms with Crippen molar-refractivity contribution in [2.45, 2.75) is 33.8 Å². The van der Waals surface area contributed by atoms with Crippen LogP contribution in [0.5, 0.6) is 0 Å². The normalized spacial score (nSPS) is 11.3. The number of carbonyl (C=O) groups is 1. The minimum Gasteiger partial charge on any atom is -0.377 e. The van der Waals surface area contributed by atoms with Crippen LogP contribution in [0.15, 0.2) is 0 Å². The van der Waals surface area contributed by atoms with Crippen LogP contribution in [0, 0.1) is 16.7 Å². The van der Waals surface area contributed by atoms with E-state index in [4.69, 9.17) is 10.00 Å². The van der Waals surface area contributed by atoms with Gasteiger partial charge < -0.3 is 9.64 Å². The lowest BCUT2D eigenvalue weighted by Crippen LogP contribution is -2.39. The molecule has 0 aliphatic rings. The first kappa shape index (κ1) is 13.9. The van der Waals surface area contributed by atoms with Crippen molar-refractivity contribution in [2.75, 3.05) is 20.2 Å². The maximum absolute atomic E-state index is 11.7. The van der Waals surface area contributed by atoms with Gasteiger partial charge in [-0.15, -0.1) is 0 Å². The van der Waals surface area contributed by atoms with Gasteiger partial charge in [-0.1, -0.05) is 0 Å². The molecular formula is C11H20N2O2. The third-order valence-electron chi connectivity index (χ3n) is 2.04. The van der Waals surface area contributed by atoms with Crippen molar-refractivity contribution in [3.63, 3.8) is 0 Å². The second-order valence-corrected chi connectivity index (χ2v) is 4.38. The second kappa shape index (κ2) is 5.72. The summed E-state index contributed by atoms with van der Waals surface area (Å²) in [5.74, 6) is -0.169. The van der Waals surface area contributed by atoms with Gasteiger partial charge in [0.1, 0.15) is 5.41 Å². The molecule has 0 aromatic rings. The Labute approximate surface area is 91.8 Å². The number of likely N-dealkylation sites (N-methyl/N-ethyl adjacent to an activating group) is 1. The number of carbonyl (C=O) groups excluding carboxylic acids is 1. The number of nitrogens with zero attached hydrogens (tertiary/aromatic N) is 2. The molecule has 0 N–H and O–H groups in total. The monoisotopic (exact) mass is 212 g/mol. The third kappa shape index (κ3) is 4.80. The Bertz CT molecular complexity index is 254. The van der Waals surface area contributed by atoms with E-state index in [1.165, 1.54) is 4.90 Å². The van der Waals surface area contributed by atoms with E-state index < -0.39 is 5.41 Å². The Balaban J connectivity index is 4.07. The van der Waals surface area contributed by atoms with E-state index in [2.05, 4.69) is 0 Å². The summed E-state index contributed by atoms with van der Waals surface area (Å²) in [5, 5.41) is 8.80. The van der Waals surface area contributed by atoms with E-state index in [0.717, 1.165) is 0 Å². The van der Waals surface area contributed by atoms with E-state index >= 15 is 0 Å². The summed E-state index contributed by atoms with van der Waals surface area (Å²) in [4.78, 5) is 13.3. The van der Waals surface area contributed by atoms with Crippen molar-refractivity contribution in [3.8, 4) is 6.07 Å². The zero-order valence-electron chi connectivity index (χ0n) is 10.2. The van der Waals surface area contributed by atoms with Crippen molar-refractivity contribution in [1.82, 2.24) is 4.90 Å². The van der Waals surface area contributed by atoms with Gasteiger partial charge in [0.2, 0.25) is 5.91 Å². The first-order valence-electron chi connectivity index (χ1n) is 5.09. The molecule has 4 heteroatoms. The van der Waals surface area contributed by atoms with Gasteiger partial charge in [-0.25, -0.2) is 0 Å². The Hall–Kier alpha value is -1.08. The number of hydrogen-bond donors (Lipinski definition) is 0. The van der Waals surface area contributed by atoms with Gasteiger partial charge in [-0.3, -0.25) is 4.79 Å². The maximum atomic E-state index is 11.7. The van der Waals surface area contributed by atoms with Crippen molar-refractivity contribution in [3.05, 3.63) is 0 Å². The van der Waals surface area contributed by atoms with Gasteiger partial charge in [0.15, 0.2) is 0 Å². The molecule has 0 radical (unpaired) electrons. The summed E-state index contributed by atoms with van der Waals surface area (Å²) in [7, 11) is 1.69. The third-order valence-corrected chi connectivity index (χ3v) is 2.04. The van der Waals surface area contributed by atoms with Crippen LogP contribution in [0.2, 0.25) is 0 Å². The Morgan fingerprint density at radius 3 is 2.47 bits per heavy atom. The molecule has 0 aliphatic carbocycles. The fraction of sp³-hybridized carbons (Fsp3) is 0.818. The molecule has 86 valence electrons. The Kier molecular flexibility index (Phi) is 5.31. The standard InChI is InChI=1S/C11H20N2O2/c1-9(2)15-7-6-13(5)10(14)11(3,4)8-12/h9H,6-7H2,1-5H3. The minimum absolute atomic E-state index is 0.164. The molecule has 0 fully saturated rings. The van der Waals surface area contributed by atoms with Crippen LogP contribution in [0.3, 0.4) is 0 Å². The summed E-state index contributed by atoms with van der Waals surface area (Å²) >= 11 is 0. The highest BCUT2D eigenvalue weighted by atomic mass is 16.5. The van der Waals surface area contributed by atoms with Gasteiger partial charge in [-0.2, -0.15) is 5.26 Å². The summed E-state index contributed by atoms with van der Waals surface area (Å²) < 4.78 is 5.33. The van der Waals surface area contributed by atoms with Crippen LogP contribution < -0.4 is 0 Å². The first-order chi connectivity index (χ1) is 6.81. The van der Waals surface area contributed by atoms with Crippen molar-refractivity contribution in [1.29, 1.82) is 5.26 Å². The van der Waals surface area contributed by atoms with E-state index in [1.54, 1.807) is 20.9 Å². The van der Waals surface area contributed by atoms with Gasteiger partial charge in [0.25, 0.3) is 0 Å². The van der Waals surface area contributed by atoms with E-state index in [9.17, 15) is 4.79 Å². The molecule has 0 aliphatic heterocycles. The molecule has 0 saturated heterocycles. The quantitative estimate of drug-likeness (QED) is 0.692. The molecule has 15 heavy (non-hydrogen) atoms. The van der Waals surface area contributed by atoms with Crippen LogP contribution in [-0.2, 0) is 9.53 Å². The van der Waals surface area contributed by atoms with E-state index in [1.807, 2.05) is 19.9 Å². The summed E-state index contributed by atoms with van der Waals surface area (Å²) in [6.07, 6.45) is 0.164. The van der Waals surface area contributed by atoms with Crippen molar-refractivity contribution < 1.29 is 9.53 Å². The zero-order chi connectivity index (χ0) is 12.1. The maximum Gasteiger partial charge on any atom is 0.242 e. The van der Waals surface area contributed by atoms with Crippen molar-refractivity contribution in [2.24, 2.45) is 5.41 Å². The summed E-state index contributed by atoms with van der Waals surface area (Å²) in [6.45, 7) is 8.15. The molecular weight excluding hydrogens is 192 g/mol. The molecule has 1 amide bonds. The van der Waals surface area contributed by atoms with Crippen LogP contribution in [0.1, 0.15) is 27.7 Å². The van der Waals surface area contributed by atoms with Gasteiger partial charge in [-0.05, 0) is 27.7 Å². The predicted octanol–water partition coefficient (Wildman–Crippen LogP) is 1.42. The molecule has 0 spiro atoms. The number of rotatable bonds is 5. The van der Waals surface area contributed by atoms with Crippen LogP contribution in [-0.4, -0.2) is 37.1 Å². The number of nitriles is 1. The lowest BCUT2D eigenvalue weighted by Gasteiger charge is -2.24. The molecule has 0 aromatic heterocycles. The molecule has 0 atom stereocenters. The summed E-state index contributed by atoms with van der Waals surface area (Å²) in [5.41, 5.74) is -0.952. The molecule has 0 saturated carbocycles. The molecule has 0 aromatic carbocycles. The second-order valence-electron chi connectivity index (χ2n) is 4.38. The predicted molar refractivity (Wildman–Crippen MR) is 58.1 cm³/mol. The lowest BCUT2D eigenvalue weighted by molar-refractivity contribution is -0.137. The smallest absolute Gasteiger partial charge is 0.242 e. The number of hydrogen-bond acceptors (Lipinski definition) is 3. The minimum atomic E-state index is -0.952. The fourth-order valence-electron chi connectivity index (χ4n) is 1.05. The Morgan fingerprint density at radius 2 is 2.07 bits per heavy atom.